The minimum atomic E-state index is 0.818. The van der Waals surface area contributed by atoms with E-state index in [4.69, 9.17) is 14.7 Å². The Balaban J connectivity index is 1.44. The molecule has 2 aliphatic rings. The van der Waals surface area contributed by atoms with E-state index in [9.17, 15) is 0 Å². The smallest absolute Gasteiger partial charge is 0.201 e. The van der Waals surface area contributed by atoms with Crippen molar-refractivity contribution in [1.29, 1.82) is 0 Å². The molecule has 148 valence electrons. The molecule has 1 saturated heterocycles. The molecule has 9 heteroatoms. The van der Waals surface area contributed by atoms with Crippen molar-refractivity contribution in [2.24, 2.45) is 0 Å². The van der Waals surface area contributed by atoms with Gasteiger partial charge in [0.05, 0.1) is 13.2 Å². The number of aryl methyl sites for hydroxylation is 2. The van der Waals surface area contributed by atoms with Gasteiger partial charge in [0, 0.05) is 16.5 Å². The molecule has 7 nitrogen and oxygen atoms in total. The van der Waals surface area contributed by atoms with Gasteiger partial charge in [0.25, 0.3) is 0 Å². The fourth-order valence-electron chi connectivity index (χ4n) is 4.19. The second-order valence-corrected chi connectivity index (χ2v) is 9.57. The molecule has 0 aromatic carbocycles. The zero-order valence-corrected chi connectivity index (χ0v) is 17.6. The van der Waals surface area contributed by atoms with Gasteiger partial charge in [-0.15, -0.1) is 21.5 Å². The first-order valence-electron chi connectivity index (χ1n) is 10.1. The third kappa shape index (κ3) is 3.22. The standard InChI is InChI=1S/C20H20N6OS2/c1-2-7-26-16(6-1)23-24-20(26)29-19-17-13-4-3-5-14(13)28-18(17)21-15(22-19)12-25-8-10-27-11-9-25/h1-2,6-7H,3-5,8-12H2/p+1. The highest BCUT2D eigenvalue weighted by atomic mass is 32.2. The monoisotopic (exact) mass is 425 g/mol. The summed E-state index contributed by atoms with van der Waals surface area (Å²) in [4.78, 5) is 14.1. The van der Waals surface area contributed by atoms with Crippen LogP contribution < -0.4 is 4.90 Å². The van der Waals surface area contributed by atoms with Crippen LogP contribution in [0.3, 0.4) is 0 Å². The maximum atomic E-state index is 5.50. The molecule has 1 N–H and O–H groups in total. The summed E-state index contributed by atoms with van der Waals surface area (Å²) in [5.41, 5.74) is 2.31. The number of thiophene rings is 1. The zero-order chi connectivity index (χ0) is 19.2. The molecule has 1 aliphatic carbocycles. The van der Waals surface area contributed by atoms with Gasteiger partial charge in [0.15, 0.2) is 11.5 Å². The molecule has 1 aliphatic heterocycles. The lowest BCUT2D eigenvalue weighted by atomic mass is 10.2. The number of ether oxygens (including phenoxy) is 1. The molecule has 0 radical (unpaired) electrons. The molecule has 4 aromatic rings. The Bertz CT molecular complexity index is 1200. The van der Waals surface area contributed by atoms with Crippen LogP contribution in [0.5, 0.6) is 0 Å². The zero-order valence-electron chi connectivity index (χ0n) is 15.9. The summed E-state index contributed by atoms with van der Waals surface area (Å²) >= 11 is 3.46. The second kappa shape index (κ2) is 7.32. The highest BCUT2D eigenvalue weighted by Gasteiger charge is 2.25. The van der Waals surface area contributed by atoms with E-state index in [1.807, 2.05) is 40.1 Å². The maximum absolute atomic E-state index is 5.50. The summed E-state index contributed by atoms with van der Waals surface area (Å²) in [6.45, 7) is 4.51. The lowest BCUT2D eigenvalue weighted by molar-refractivity contribution is -0.922. The molecule has 4 aromatic heterocycles. The van der Waals surface area contributed by atoms with Gasteiger partial charge < -0.3 is 9.64 Å². The van der Waals surface area contributed by atoms with Crippen LogP contribution in [0.1, 0.15) is 22.7 Å². The second-order valence-electron chi connectivity index (χ2n) is 7.54. The summed E-state index contributed by atoms with van der Waals surface area (Å²) in [5.74, 6) is 0.922. The Morgan fingerprint density at radius 3 is 3.00 bits per heavy atom. The Morgan fingerprint density at radius 2 is 2.07 bits per heavy atom. The van der Waals surface area contributed by atoms with Gasteiger partial charge in [-0.25, -0.2) is 9.97 Å². The summed E-state index contributed by atoms with van der Waals surface area (Å²) in [7, 11) is 0. The molecule has 6 rings (SSSR count). The van der Waals surface area contributed by atoms with Crippen molar-refractivity contribution in [3.63, 3.8) is 0 Å². The Hall–Kier alpha value is -2.07. The first-order chi connectivity index (χ1) is 14.3. The van der Waals surface area contributed by atoms with Crippen LogP contribution >= 0.6 is 23.1 Å². The number of hydrogen-bond donors (Lipinski definition) is 1. The number of nitrogens with one attached hydrogen (secondary N) is 1. The number of hydrogen-bond acceptors (Lipinski definition) is 7. The number of quaternary nitrogens is 1. The normalized spacial score (nSPS) is 17.4. The molecule has 0 unspecified atom stereocenters. The lowest BCUT2D eigenvalue weighted by Crippen LogP contribution is -3.12. The number of pyridine rings is 1. The Kier molecular flexibility index (Phi) is 4.48. The highest BCUT2D eigenvalue weighted by molar-refractivity contribution is 7.99. The number of aromatic nitrogens is 5. The van der Waals surface area contributed by atoms with Crippen LogP contribution in [-0.2, 0) is 24.1 Å². The fourth-order valence-corrected chi connectivity index (χ4v) is 6.52. The molecule has 0 spiro atoms. The summed E-state index contributed by atoms with van der Waals surface area (Å²) in [6.07, 6.45) is 5.53. The third-order valence-corrected chi connectivity index (χ3v) is 7.79. The lowest BCUT2D eigenvalue weighted by Gasteiger charge is -2.23. The van der Waals surface area contributed by atoms with Gasteiger partial charge in [-0.05, 0) is 48.7 Å². The Labute approximate surface area is 176 Å². The summed E-state index contributed by atoms with van der Waals surface area (Å²) in [6, 6.07) is 5.96. The van der Waals surface area contributed by atoms with Crippen molar-refractivity contribution in [2.45, 2.75) is 36.0 Å². The van der Waals surface area contributed by atoms with Crippen molar-refractivity contribution < 1.29 is 9.64 Å². The molecule has 0 atom stereocenters. The van der Waals surface area contributed by atoms with Gasteiger partial charge in [0.2, 0.25) is 5.16 Å². The predicted octanol–water partition coefficient (Wildman–Crippen LogP) is 1.79. The van der Waals surface area contributed by atoms with Gasteiger partial charge >= 0.3 is 0 Å². The average Bonchev–Trinajstić information content (AvgIpc) is 3.44. The number of morpholine rings is 1. The number of fused-ring (bicyclic) bond motifs is 4. The van der Waals surface area contributed by atoms with E-state index in [-0.39, 0.29) is 0 Å². The van der Waals surface area contributed by atoms with Gasteiger partial charge in [-0.1, -0.05) is 6.07 Å². The quantitative estimate of drug-likeness (QED) is 0.503. The SMILES string of the molecule is c1ccn2c(Sc3nc(C[NH+]4CCOCC4)nc4sc5c(c34)CCC5)nnc2c1. The largest absolute Gasteiger partial charge is 0.370 e. The van der Waals surface area contributed by atoms with E-state index in [1.54, 1.807) is 11.8 Å². The van der Waals surface area contributed by atoms with E-state index in [0.29, 0.717) is 0 Å². The van der Waals surface area contributed by atoms with E-state index in [0.717, 1.165) is 65.8 Å². The highest BCUT2D eigenvalue weighted by Crippen LogP contribution is 2.41. The molecule has 0 saturated carbocycles. The number of nitrogens with zero attached hydrogens (tertiary/aromatic N) is 5. The molecule has 29 heavy (non-hydrogen) atoms. The summed E-state index contributed by atoms with van der Waals surface area (Å²) < 4.78 is 7.53. The minimum Gasteiger partial charge on any atom is -0.370 e. The van der Waals surface area contributed by atoms with Crippen molar-refractivity contribution in [2.75, 3.05) is 26.3 Å². The van der Waals surface area contributed by atoms with E-state index in [2.05, 4.69) is 10.2 Å². The molecule has 0 bridgehead atoms. The van der Waals surface area contributed by atoms with Crippen LogP contribution in [0.25, 0.3) is 15.9 Å². The molecule has 0 amide bonds. The molecule has 1 fully saturated rings. The van der Waals surface area contributed by atoms with Gasteiger partial charge in [0.1, 0.15) is 29.5 Å². The summed E-state index contributed by atoms with van der Waals surface area (Å²) in [5, 5.41) is 11.8. The van der Waals surface area contributed by atoms with Gasteiger partial charge in [-0.3, -0.25) is 4.40 Å². The minimum absolute atomic E-state index is 0.818. The number of rotatable bonds is 4. The van der Waals surface area contributed by atoms with E-state index < -0.39 is 0 Å². The average molecular weight is 426 g/mol. The van der Waals surface area contributed by atoms with Crippen molar-refractivity contribution in [3.05, 3.63) is 40.7 Å². The van der Waals surface area contributed by atoms with E-state index in [1.165, 1.54) is 33.6 Å². The first kappa shape index (κ1) is 17.8. The fraction of sp³-hybridized carbons (Fsp3) is 0.400. The Morgan fingerprint density at radius 1 is 1.14 bits per heavy atom. The van der Waals surface area contributed by atoms with Crippen LogP contribution in [-0.4, -0.2) is 50.9 Å². The maximum Gasteiger partial charge on any atom is 0.201 e. The third-order valence-electron chi connectivity index (χ3n) is 5.66. The predicted molar refractivity (Wildman–Crippen MR) is 112 cm³/mol. The van der Waals surface area contributed by atoms with Crippen molar-refractivity contribution >= 4 is 39.0 Å². The van der Waals surface area contributed by atoms with Gasteiger partial charge in [-0.2, -0.15) is 0 Å². The first-order valence-corrected chi connectivity index (χ1v) is 11.7. The van der Waals surface area contributed by atoms with Crippen LogP contribution in [0.4, 0.5) is 0 Å². The molecular formula is C20H21N6OS2+. The van der Waals surface area contributed by atoms with Crippen LogP contribution in [0.2, 0.25) is 0 Å². The van der Waals surface area contributed by atoms with E-state index >= 15 is 0 Å². The van der Waals surface area contributed by atoms with Crippen LogP contribution in [0.15, 0.2) is 34.6 Å². The van der Waals surface area contributed by atoms with Crippen molar-refractivity contribution in [3.8, 4) is 0 Å². The molecule has 5 heterocycles. The van der Waals surface area contributed by atoms with Crippen LogP contribution in [0, 0.1) is 0 Å². The van der Waals surface area contributed by atoms with Crippen molar-refractivity contribution in [1.82, 2.24) is 24.6 Å². The topological polar surface area (TPSA) is 69.6 Å². The molecular weight excluding hydrogens is 404 g/mol.